The van der Waals surface area contributed by atoms with Crippen LogP contribution in [0, 0.1) is 0 Å². The van der Waals surface area contributed by atoms with Crippen molar-refractivity contribution in [3.8, 4) is 0 Å². The maximum absolute atomic E-state index is 11.9. The highest BCUT2D eigenvalue weighted by Gasteiger charge is 2.21. The quantitative estimate of drug-likeness (QED) is 0.813. The summed E-state index contributed by atoms with van der Waals surface area (Å²) in [6.45, 7) is 1.64. The van der Waals surface area contributed by atoms with Crippen molar-refractivity contribution < 1.29 is 9.53 Å². The second-order valence-electron chi connectivity index (χ2n) is 4.06. The number of aryl methyl sites for hydroxylation is 1. The van der Waals surface area contributed by atoms with Crippen LogP contribution < -0.4 is 16.2 Å². The molecule has 1 aliphatic rings. The molecule has 1 amide bonds. The van der Waals surface area contributed by atoms with Gasteiger partial charge in [-0.05, 0) is 22.0 Å². The maximum Gasteiger partial charge on any atom is 0.264 e. The van der Waals surface area contributed by atoms with Crippen molar-refractivity contribution in [2.24, 2.45) is 7.05 Å². The van der Waals surface area contributed by atoms with E-state index in [1.165, 1.54) is 4.57 Å². The molecule has 2 N–H and O–H groups in total. The molecule has 106 valence electrons. The molecule has 0 radical (unpaired) electrons. The maximum atomic E-state index is 11.9. The Bertz CT molecular complexity index is 488. The van der Waals surface area contributed by atoms with Crippen LogP contribution in [0.3, 0.4) is 0 Å². The molecule has 0 spiro atoms. The van der Waals surface area contributed by atoms with Gasteiger partial charge in [0.2, 0.25) is 5.91 Å². The average Bonchev–Trinajstić information content (AvgIpc) is 2.37. The van der Waals surface area contributed by atoms with Gasteiger partial charge in [0.05, 0.1) is 23.4 Å². The summed E-state index contributed by atoms with van der Waals surface area (Å²) >= 11 is 3.16. The number of rotatable bonds is 2. The molecule has 2 rings (SSSR count). The predicted molar refractivity (Wildman–Crippen MR) is 77.9 cm³/mol. The van der Waals surface area contributed by atoms with Crippen LogP contribution in [0.5, 0.6) is 0 Å². The predicted octanol–water partition coefficient (Wildman–Crippen LogP) is 0.496. The van der Waals surface area contributed by atoms with E-state index in [0.29, 0.717) is 29.9 Å². The van der Waals surface area contributed by atoms with Crippen LogP contribution in [0.4, 0.5) is 5.69 Å². The Kier molecular flexibility index (Phi) is 5.99. The fourth-order valence-electron chi connectivity index (χ4n) is 1.70. The second kappa shape index (κ2) is 7.04. The Morgan fingerprint density at radius 1 is 1.63 bits per heavy atom. The Balaban J connectivity index is 0.00000180. The average molecular weight is 353 g/mol. The fourth-order valence-corrected chi connectivity index (χ4v) is 2.23. The first kappa shape index (κ1) is 16.2. The van der Waals surface area contributed by atoms with Crippen LogP contribution in [0.15, 0.2) is 21.5 Å². The molecular formula is C11H15BrClN3O3. The molecule has 0 bridgehead atoms. The van der Waals surface area contributed by atoms with Gasteiger partial charge < -0.3 is 19.9 Å². The molecule has 1 fully saturated rings. The molecule has 6 nitrogen and oxygen atoms in total. The van der Waals surface area contributed by atoms with Crippen molar-refractivity contribution in [2.75, 3.05) is 25.1 Å². The van der Waals surface area contributed by atoms with Gasteiger partial charge in [0.1, 0.15) is 6.04 Å². The SMILES string of the molecule is Cl.Cn1cc(NC(=O)C2COCCN2)cc(Br)c1=O. The van der Waals surface area contributed by atoms with Crippen LogP contribution in [0.2, 0.25) is 0 Å². The summed E-state index contributed by atoms with van der Waals surface area (Å²) in [5.41, 5.74) is 0.425. The first-order chi connectivity index (χ1) is 8.58. The van der Waals surface area contributed by atoms with Crippen molar-refractivity contribution >= 4 is 39.9 Å². The number of hydrogen-bond acceptors (Lipinski definition) is 4. The number of ether oxygens (including phenoxy) is 1. The normalized spacial score (nSPS) is 18.5. The van der Waals surface area contributed by atoms with E-state index in [-0.39, 0.29) is 29.9 Å². The van der Waals surface area contributed by atoms with Gasteiger partial charge >= 0.3 is 0 Å². The van der Waals surface area contributed by atoms with E-state index in [1.807, 2.05) is 0 Å². The van der Waals surface area contributed by atoms with Crippen LogP contribution in [-0.4, -0.2) is 36.3 Å². The summed E-state index contributed by atoms with van der Waals surface area (Å²) in [5.74, 6) is -0.166. The molecule has 0 saturated carbocycles. The van der Waals surface area contributed by atoms with Gasteiger partial charge in [-0.15, -0.1) is 12.4 Å². The zero-order valence-electron chi connectivity index (χ0n) is 10.3. The lowest BCUT2D eigenvalue weighted by molar-refractivity contribution is -0.120. The number of nitrogens with one attached hydrogen (secondary N) is 2. The fraction of sp³-hybridized carbons (Fsp3) is 0.455. The summed E-state index contributed by atoms with van der Waals surface area (Å²) in [6.07, 6.45) is 1.58. The summed E-state index contributed by atoms with van der Waals surface area (Å²) in [6, 6.07) is 1.24. The minimum Gasteiger partial charge on any atom is -0.378 e. The van der Waals surface area contributed by atoms with Crippen molar-refractivity contribution in [1.29, 1.82) is 0 Å². The third-order valence-electron chi connectivity index (χ3n) is 2.65. The highest BCUT2D eigenvalue weighted by molar-refractivity contribution is 9.10. The van der Waals surface area contributed by atoms with Crippen LogP contribution >= 0.6 is 28.3 Å². The van der Waals surface area contributed by atoms with Crippen LogP contribution in [-0.2, 0) is 16.6 Å². The molecule has 1 aromatic heterocycles. The smallest absolute Gasteiger partial charge is 0.264 e. The summed E-state index contributed by atoms with van der Waals surface area (Å²) in [5, 5.41) is 5.81. The number of morpholine rings is 1. The van der Waals surface area contributed by atoms with Crippen molar-refractivity contribution in [2.45, 2.75) is 6.04 Å². The lowest BCUT2D eigenvalue weighted by atomic mass is 10.2. The zero-order chi connectivity index (χ0) is 13.1. The van der Waals surface area contributed by atoms with E-state index in [1.54, 1.807) is 19.3 Å². The Morgan fingerprint density at radius 2 is 2.37 bits per heavy atom. The molecule has 0 aromatic carbocycles. The standard InChI is InChI=1S/C11H14BrN3O3.ClH/c1-15-5-7(4-8(12)11(15)17)14-10(16)9-6-18-3-2-13-9;/h4-5,9,13H,2-3,6H2,1H3,(H,14,16);1H. The highest BCUT2D eigenvalue weighted by atomic mass is 79.9. The molecule has 1 aromatic rings. The van der Waals surface area contributed by atoms with Crippen LogP contribution in [0.1, 0.15) is 0 Å². The lowest BCUT2D eigenvalue weighted by Gasteiger charge is -2.23. The summed E-state index contributed by atoms with van der Waals surface area (Å²) in [4.78, 5) is 23.4. The van der Waals surface area contributed by atoms with E-state index >= 15 is 0 Å². The van der Waals surface area contributed by atoms with E-state index in [2.05, 4.69) is 26.6 Å². The van der Waals surface area contributed by atoms with E-state index in [0.717, 1.165) is 0 Å². The first-order valence-electron chi connectivity index (χ1n) is 5.56. The number of pyridine rings is 1. The number of nitrogens with zero attached hydrogens (tertiary/aromatic N) is 1. The van der Waals surface area contributed by atoms with Crippen molar-refractivity contribution in [3.63, 3.8) is 0 Å². The van der Waals surface area contributed by atoms with Gasteiger partial charge in [-0.3, -0.25) is 9.59 Å². The second-order valence-corrected chi connectivity index (χ2v) is 4.92. The van der Waals surface area contributed by atoms with Gasteiger partial charge in [0, 0.05) is 19.8 Å². The van der Waals surface area contributed by atoms with E-state index in [4.69, 9.17) is 4.74 Å². The molecule has 1 aliphatic heterocycles. The third-order valence-corrected chi connectivity index (χ3v) is 3.21. The monoisotopic (exact) mass is 351 g/mol. The number of carbonyl (C=O) groups excluding carboxylic acids is 1. The minimum atomic E-state index is -0.352. The Labute approximate surface area is 125 Å². The number of hydrogen-bond donors (Lipinski definition) is 2. The van der Waals surface area contributed by atoms with Crippen molar-refractivity contribution in [1.82, 2.24) is 9.88 Å². The molecular weight excluding hydrogens is 337 g/mol. The van der Waals surface area contributed by atoms with E-state index in [9.17, 15) is 9.59 Å². The number of halogens is 2. The molecule has 1 unspecified atom stereocenters. The summed E-state index contributed by atoms with van der Waals surface area (Å²) in [7, 11) is 1.63. The number of amides is 1. The minimum absolute atomic E-state index is 0. The third kappa shape index (κ3) is 4.04. The molecule has 19 heavy (non-hydrogen) atoms. The highest BCUT2D eigenvalue weighted by Crippen LogP contribution is 2.12. The van der Waals surface area contributed by atoms with Gasteiger partial charge in [-0.25, -0.2) is 0 Å². The van der Waals surface area contributed by atoms with Crippen LogP contribution in [0.25, 0.3) is 0 Å². The molecule has 0 aliphatic carbocycles. The Morgan fingerprint density at radius 3 is 2.95 bits per heavy atom. The molecule has 8 heteroatoms. The van der Waals surface area contributed by atoms with Gasteiger partial charge in [0.25, 0.3) is 5.56 Å². The van der Waals surface area contributed by atoms with Gasteiger partial charge in [-0.1, -0.05) is 0 Å². The number of carbonyl (C=O) groups is 1. The first-order valence-corrected chi connectivity index (χ1v) is 6.35. The number of aromatic nitrogens is 1. The topological polar surface area (TPSA) is 72.4 Å². The molecule has 2 heterocycles. The van der Waals surface area contributed by atoms with Gasteiger partial charge in [0.15, 0.2) is 0 Å². The largest absolute Gasteiger partial charge is 0.378 e. The van der Waals surface area contributed by atoms with E-state index < -0.39 is 0 Å². The Hall–Kier alpha value is -0.890. The van der Waals surface area contributed by atoms with Gasteiger partial charge in [-0.2, -0.15) is 0 Å². The molecule has 1 atom stereocenters. The number of anilines is 1. The van der Waals surface area contributed by atoms with Crippen molar-refractivity contribution in [3.05, 3.63) is 27.1 Å². The zero-order valence-corrected chi connectivity index (χ0v) is 12.7. The lowest BCUT2D eigenvalue weighted by Crippen LogP contribution is -2.48. The summed E-state index contributed by atoms with van der Waals surface area (Å²) < 4.78 is 7.04. The molecule has 1 saturated heterocycles.